The molecular weight excluding hydrogens is 432 g/mol. The zero-order chi connectivity index (χ0) is 20.2. The molecular formula is C23H19BrN2O3. The van der Waals surface area contributed by atoms with Crippen LogP contribution in [-0.2, 0) is 6.42 Å². The van der Waals surface area contributed by atoms with Gasteiger partial charge in [-0.3, -0.25) is 4.99 Å². The van der Waals surface area contributed by atoms with E-state index in [4.69, 9.17) is 9.15 Å². The molecule has 1 aromatic heterocycles. The first-order valence-corrected chi connectivity index (χ1v) is 10.0. The lowest BCUT2D eigenvalue weighted by Gasteiger charge is -2.08. The van der Waals surface area contributed by atoms with E-state index in [1.54, 1.807) is 18.3 Å². The highest BCUT2D eigenvalue weighted by atomic mass is 79.9. The molecule has 0 spiro atoms. The molecule has 0 fully saturated rings. The normalized spacial score (nSPS) is 11.4. The van der Waals surface area contributed by atoms with Gasteiger partial charge >= 0.3 is 0 Å². The molecule has 0 atom stereocenters. The number of ether oxygens (including phenoxy) is 1. The Labute approximate surface area is 176 Å². The fraction of sp³-hybridized carbons (Fsp3) is 0.130. The molecule has 29 heavy (non-hydrogen) atoms. The van der Waals surface area contributed by atoms with Crippen molar-refractivity contribution in [2.75, 3.05) is 6.61 Å². The first-order valence-electron chi connectivity index (χ1n) is 9.25. The monoisotopic (exact) mass is 450 g/mol. The van der Waals surface area contributed by atoms with Crippen LogP contribution < -0.4 is 4.74 Å². The first kappa shape index (κ1) is 19.2. The summed E-state index contributed by atoms with van der Waals surface area (Å²) in [5.74, 6) is 1.14. The fourth-order valence-electron chi connectivity index (χ4n) is 2.99. The molecule has 0 unspecified atom stereocenters. The second-order valence-corrected chi connectivity index (χ2v) is 7.37. The van der Waals surface area contributed by atoms with Crippen molar-refractivity contribution in [1.82, 2.24) is 4.98 Å². The highest BCUT2D eigenvalue weighted by molar-refractivity contribution is 9.10. The molecule has 146 valence electrons. The van der Waals surface area contributed by atoms with Crippen molar-refractivity contribution in [3.05, 3.63) is 82.2 Å². The van der Waals surface area contributed by atoms with E-state index >= 15 is 0 Å². The van der Waals surface area contributed by atoms with Crippen molar-refractivity contribution in [2.45, 2.75) is 13.3 Å². The summed E-state index contributed by atoms with van der Waals surface area (Å²) in [6.07, 6.45) is 2.25. The highest BCUT2D eigenvalue weighted by Crippen LogP contribution is 2.33. The third-order valence-electron chi connectivity index (χ3n) is 4.34. The molecule has 0 saturated carbocycles. The number of phenolic OH excluding ortho intramolecular Hbond substituents is 1. The van der Waals surface area contributed by atoms with Crippen LogP contribution in [0.5, 0.6) is 11.5 Å². The Balaban J connectivity index is 1.59. The summed E-state index contributed by atoms with van der Waals surface area (Å²) in [4.78, 5) is 9.06. The van der Waals surface area contributed by atoms with E-state index in [0.717, 1.165) is 26.8 Å². The van der Waals surface area contributed by atoms with Gasteiger partial charge in [-0.15, -0.1) is 0 Å². The number of aromatic hydroxyl groups is 1. The van der Waals surface area contributed by atoms with Gasteiger partial charge in [-0.1, -0.05) is 46.3 Å². The van der Waals surface area contributed by atoms with Crippen LogP contribution in [-0.4, -0.2) is 22.9 Å². The van der Waals surface area contributed by atoms with Gasteiger partial charge in [0.2, 0.25) is 0 Å². The van der Waals surface area contributed by atoms with Gasteiger partial charge < -0.3 is 14.3 Å². The van der Waals surface area contributed by atoms with Crippen molar-refractivity contribution in [1.29, 1.82) is 0 Å². The van der Waals surface area contributed by atoms with Gasteiger partial charge in [-0.2, -0.15) is 0 Å². The van der Waals surface area contributed by atoms with Crippen LogP contribution in [0.15, 0.2) is 74.5 Å². The number of hydrogen-bond acceptors (Lipinski definition) is 5. The van der Waals surface area contributed by atoms with E-state index in [2.05, 4.69) is 25.9 Å². The van der Waals surface area contributed by atoms with E-state index in [-0.39, 0.29) is 5.75 Å². The molecule has 1 heterocycles. The Morgan fingerprint density at radius 1 is 1.14 bits per heavy atom. The van der Waals surface area contributed by atoms with Crippen LogP contribution in [0.3, 0.4) is 0 Å². The Morgan fingerprint density at radius 3 is 2.76 bits per heavy atom. The summed E-state index contributed by atoms with van der Waals surface area (Å²) in [5.41, 5.74) is 3.90. The topological polar surface area (TPSA) is 67.9 Å². The lowest BCUT2D eigenvalue weighted by molar-refractivity contribution is 0.317. The number of phenols is 1. The van der Waals surface area contributed by atoms with Gasteiger partial charge in [0.25, 0.3) is 0 Å². The lowest BCUT2D eigenvalue weighted by Crippen LogP contribution is -1.94. The predicted octanol–water partition coefficient (Wildman–Crippen LogP) is 6.04. The van der Waals surface area contributed by atoms with Crippen LogP contribution in [0, 0.1) is 0 Å². The predicted molar refractivity (Wildman–Crippen MR) is 117 cm³/mol. The molecule has 0 saturated heterocycles. The smallest absolute Gasteiger partial charge is 0.199 e. The zero-order valence-electron chi connectivity index (χ0n) is 15.8. The molecule has 0 aliphatic rings. The minimum absolute atomic E-state index is 0.0615. The summed E-state index contributed by atoms with van der Waals surface area (Å²) in [7, 11) is 0. The maximum absolute atomic E-state index is 10.4. The van der Waals surface area contributed by atoms with Gasteiger partial charge in [-0.25, -0.2) is 4.98 Å². The number of rotatable bonds is 6. The largest absolute Gasteiger partial charge is 0.504 e. The fourth-order valence-corrected chi connectivity index (χ4v) is 3.45. The molecule has 1 N–H and O–H groups in total. The molecule has 0 aliphatic heterocycles. The van der Waals surface area contributed by atoms with E-state index in [1.807, 2.05) is 55.5 Å². The van der Waals surface area contributed by atoms with Gasteiger partial charge in [-0.05, 0) is 42.8 Å². The van der Waals surface area contributed by atoms with Crippen LogP contribution in [0.25, 0.3) is 11.1 Å². The molecule has 0 bridgehead atoms. The molecule has 4 aromatic rings. The van der Waals surface area contributed by atoms with Gasteiger partial charge in [0, 0.05) is 22.7 Å². The third kappa shape index (κ3) is 4.49. The van der Waals surface area contributed by atoms with Crippen molar-refractivity contribution < 1.29 is 14.3 Å². The molecule has 0 aliphatic carbocycles. The molecule has 3 aromatic carbocycles. The minimum atomic E-state index is 0.0615. The number of benzene rings is 3. The SMILES string of the molecule is CCOc1cc(Br)cc(C=Nc2ccc3oc(Cc4ccccc4)nc3c2)c1O. The number of nitrogens with zero attached hydrogens (tertiary/aromatic N) is 2. The van der Waals surface area contributed by atoms with Gasteiger partial charge in [0.1, 0.15) is 5.52 Å². The number of aromatic nitrogens is 1. The molecule has 4 rings (SSSR count). The van der Waals surface area contributed by atoms with Crippen molar-refractivity contribution in [3.63, 3.8) is 0 Å². The van der Waals surface area contributed by atoms with Crippen molar-refractivity contribution >= 4 is 38.9 Å². The van der Waals surface area contributed by atoms with Crippen LogP contribution in [0.4, 0.5) is 5.69 Å². The number of hydrogen-bond donors (Lipinski definition) is 1. The summed E-state index contributed by atoms with van der Waals surface area (Å²) in [6, 6.07) is 19.2. The molecule has 5 nitrogen and oxygen atoms in total. The second-order valence-electron chi connectivity index (χ2n) is 6.45. The average Bonchev–Trinajstić information content (AvgIpc) is 3.11. The van der Waals surface area contributed by atoms with Crippen LogP contribution >= 0.6 is 15.9 Å². The first-order chi connectivity index (χ1) is 14.1. The number of aliphatic imine (C=N–C) groups is 1. The average molecular weight is 451 g/mol. The van der Waals surface area contributed by atoms with Crippen molar-refractivity contribution in [2.24, 2.45) is 4.99 Å². The highest BCUT2D eigenvalue weighted by Gasteiger charge is 2.10. The van der Waals surface area contributed by atoms with Crippen LogP contribution in [0.1, 0.15) is 23.9 Å². The molecule has 0 radical (unpaired) electrons. The van der Waals surface area contributed by atoms with E-state index in [0.29, 0.717) is 30.2 Å². The zero-order valence-corrected chi connectivity index (χ0v) is 17.4. The van der Waals surface area contributed by atoms with E-state index < -0.39 is 0 Å². The maximum atomic E-state index is 10.4. The van der Waals surface area contributed by atoms with Gasteiger partial charge in [0.05, 0.1) is 12.3 Å². The Hall–Kier alpha value is -3.12. The van der Waals surface area contributed by atoms with E-state index in [1.165, 1.54) is 0 Å². The summed E-state index contributed by atoms with van der Waals surface area (Å²) >= 11 is 3.43. The summed E-state index contributed by atoms with van der Waals surface area (Å²) in [6.45, 7) is 2.34. The quantitative estimate of drug-likeness (QED) is 0.363. The minimum Gasteiger partial charge on any atom is -0.504 e. The standard InChI is InChI=1S/C23H19BrN2O3/c1-2-28-21-12-17(24)11-16(23(21)27)14-25-18-8-9-20-19(13-18)26-22(29-20)10-15-6-4-3-5-7-15/h3-9,11-14,27H,2,10H2,1H3. The maximum Gasteiger partial charge on any atom is 0.199 e. The van der Waals surface area contributed by atoms with Crippen molar-refractivity contribution in [3.8, 4) is 11.5 Å². The lowest BCUT2D eigenvalue weighted by atomic mass is 10.1. The van der Waals surface area contributed by atoms with E-state index in [9.17, 15) is 5.11 Å². The Kier molecular flexibility index (Phi) is 5.62. The summed E-state index contributed by atoms with van der Waals surface area (Å²) < 4.78 is 12.1. The van der Waals surface area contributed by atoms with Gasteiger partial charge in [0.15, 0.2) is 23.0 Å². The second kappa shape index (κ2) is 8.49. The summed E-state index contributed by atoms with van der Waals surface area (Å²) in [5, 5.41) is 10.4. The number of halogens is 1. The number of oxazole rings is 1. The molecule has 6 heteroatoms. The Bertz CT molecular complexity index is 1170. The Morgan fingerprint density at radius 2 is 1.97 bits per heavy atom. The van der Waals surface area contributed by atoms with Crippen LogP contribution in [0.2, 0.25) is 0 Å². The molecule has 0 amide bonds. The third-order valence-corrected chi connectivity index (χ3v) is 4.79. The number of fused-ring (bicyclic) bond motifs is 1.